The highest BCUT2D eigenvalue weighted by Crippen LogP contribution is 2.30. The maximum atomic E-state index is 2.37. The van der Waals surface area contributed by atoms with Gasteiger partial charge in [-0.3, -0.25) is 0 Å². The Kier molecular flexibility index (Phi) is 1.46. The van der Waals surface area contributed by atoms with E-state index in [2.05, 4.69) is 30.4 Å². The van der Waals surface area contributed by atoms with Crippen LogP contribution in [-0.2, 0) is 0 Å². The predicted octanol–water partition coefficient (Wildman–Crippen LogP) is 2.84. The Morgan fingerprint density at radius 2 is 2.20 bits per heavy atom. The van der Waals surface area contributed by atoms with Crippen LogP contribution in [-0.4, -0.2) is 0 Å². The molecule has 0 aromatic heterocycles. The van der Waals surface area contributed by atoms with Crippen molar-refractivity contribution in [2.75, 3.05) is 0 Å². The van der Waals surface area contributed by atoms with E-state index in [1.54, 1.807) is 5.57 Å². The number of hydrogen-bond acceptors (Lipinski definition) is 0. The van der Waals surface area contributed by atoms with Crippen molar-refractivity contribution >= 4 is 0 Å². The van der Waals surface area contributed by atoms with Crippen LogP contribution in [0.5, 0.6) is 0 Å². The van der Waals surface area contributed by atoms with E-state index in [4.69, 9.17) is 0 Å². The van der Waals surface area contributed by atoms with Gasteiger partial charge in [-0.05, 0) is 19.3 Å². The molecule has 0 saturated carbocycles. The van der Waals surface area contributed by atoms with Gasteiger partial charge in [0, 0.05) is 5.92 Å². The van der Waals surface area contributed by atoms with Gasteiger partial charge in [0.05, 0.1) is 0 Å². The fourth-order valence-corrected chi connectivity index (χ4v) is 1.50. The van der Waals surface area contributed by atoms with Crippen molar-refractivity contribution in [1.82, 2.24) is 0 Å². The van der Waals surface area contributed by atoms with Crippen LogP contribution in [0.15, 0.2) is 36.0 Å². The lowest BCUT2D eigenvalue weighted by Crippen LogP contribution is -2.07. The third-order valence-corrected chi connectivity index (χ3v) is 2.30. The Morgan fingerprint density at radius 3 is 2.70 bits per heavy atom. The molecule has 0 aliphatic heterocycles. The second-order valence-corrected chi connectivity index (χ2v) is 2.97. The fraction of sp³-hybridized carbons (Fsp3) is 0.400. The average Bonchev–Trinajstić information content (AvgIpc) is 1.86. The van der Waals surface area contributed by atoms with Crippen LogP contribution < -0.4 is 0 Å². The van der Waals surface area contributed by atoms with E-state index < -0.39 is 0 Å². The van der Waals surface area contributed by atoms with Crippen molar-refractivity contribution in [3.8, 4) is 0 Å². The van der Waals surface area contributed by atoms with Gasteiger partial charge in [-0.15, -0.1) is 0 Å². The Hall–Kier alpha value is -0.780. The van der Waals surface area contributed by atoms with E-state index in [9.17, 15) is 0 Å². The molecule has 0 aromatic rings. The first kappa shape index (κ1) is 5.96. The largest absolute Gasteiger partial charge is 0.0844 e. The molecule has 0 saturated heterocycles. The highest BCUT2D eigenvalue weighted by atomic mass is 14.2. The molecule has 1 atom stereocenters. The second kappa shape index (κ2) is 2.45. The van der Waals surface area contributed by atoms with Gasteiger partial charge in [0.15, 0.2) is 0 Å². The molecule has 0 heterocycles. The maximum absolute atomic E-state index is 2.37. The first-order valence-electron chi connectivity index (χ1n) is 3.99. The number of rotatable bonds is 1. The molecule has 1 unspecified atom stereocenters. The lowest BCUT2D eigenvalue weighted by molar-refractivity contribution is 0.669. The normalized spacial score (nSPS) is 29.6. The summed E-state index contributed by atoms with van der Waals surface area (Å²) in [7, 11) is 0. The van der Waals surface area contributed by atoms with Crippen LogP contribution in [0.2, 0.25) is 0 Å². The van der Waals surface area contributed by atoms with Crippen LogP contribution in [0.3, 0.4) is 0 Å². The summed E-state index contributed by atoms with van der Waals surface area (Å²) in [6.07, 6.45) is 15.1. The fourth-order valence-electron chi connectivity index (χ4n) is 1.50. The first-order valence-corrected chi connectivity index (χ1v) is 3.99. The molecule has 0 heteroatoms. The minimum absolute atomic E-state index is 0.749. The van der Waals surface area contributed by atoms with Crippen molar-refractivity contribution in [2.45, 2.75) is 19.3 Å². The van der Waals surface area contributed by atoms with E-state index in [1.165, 1.54) is 19.3 Å². The second-order valence-electron chi connectivity index (χ2n) is 2.97. The summed E-state index contributed by atoms with van der Waals surface area (Å²) >= 11 is 0. The zero-order chi connectivity index (χ0) is 6.81. The molecule has 0 radical (unpaired) electrons. The number of hydrogen-bond donors (Lipinski definition) is 0. The van der Waals surface area contributed by atoms with Crippen LogP contribution in [0.1, 0.15) is 19.3 Å². The minimum atomic E-state index is 0.749. The standard InChI is InChI=1S/C10H12/c1-2-5-9(6-3-1)10-7-4-8-10/h1-3,5,7,9H,4,6,8H2. The highest BCUT2D eigenvalue weighted by Gasteiger charge is 2.14. The summed E-state index contributed by atoms with van der Waals surface area (Å²) in [5.41, 5.74) is 1.65. The average molecular weight is 132 g/mol. The van der Waals surface area contributed by atoms with Gasteiger partial charge in [0.1, 0.15) is 0 Å². The molecule has 0 aromatic carbocycles. The van der Waals surface area contributed by atoms with Crippen LogP contribution in [0, 0.1) is 5.92 Å². The monoisotopic (exact) mass is 132 g/mol. The van der Waals surface area contributed by atoms with Crippen LogP contribution in [0.4, 0.5) is 0 Å². The number of allylic oxidation sites excluding steroid dienone is 6. The van der Waals surface area contributed by atoms with E-state index in [-0.39, 0.29) is 0 Å². The Labute approximate surface area is 61.9 Å². The van der Waals surface area contributed by atoms with Gasteiger partial charge in [-0.1, -0.05) is 36.0 Å². The van der Waals surface area contributed by atoms with Crippen molar-refractivity contribution < 1.29 is 0 Å². The molecule has 0 nitrogen and oxygen atoms in total. The Morgan fingerprint density at radius 1 is 1.30 bits per heavy atom. The third kappa shape index (κ3) is 0.942. The molecule has 2 rings (SSSR count). The summed E-state index contributed by atoms with van der Waals surface area (Å²) in [6.45, 7) is 0. The maximum Gasteiger partial charge on any atom is 0.00146 e. The Bertz CT molecular complexity index is 206. The molecule has 0 fully saturated rings. The van der Waals surface area contributed by atoms with Gasteiger partial charge in [-0.25, -0.2) is 0 Å². The van der Waals surface area contributed by atoms with Gasteiger partial charge in [0.25, 0.3) is 0 Å². The Balaban J connectivity index is 2.06. The van der Waals surface area contributed by atoms with Gasteiger partial charge >= 0.3 is 0 Å². The summed E-state index contributed by atoms with van der Waals surface area (Å²) in [4.78, 5) is 0. The third-order valence-electron chi connectivity index (χ3n) is 2.30. The van der Waals surface area contributed by atoms with Gasteiger partial charge in [0.2, 0.25) is 0 Å². The van der Waals surface area contributed by atoms with Crippen molar-refractivity contribution in [2.24, 2.45) is 5.92 Å². The molecule has 2 aliphatic carbocycles. The minimum Gasteiger partial charge on any atom is -0.0844 e. The highest BCUT2D eigenvalue weighted by molar-refractivity contribution is 5.25. The molecule has 10 heavy (non-hydrogen) atoms. The van der Waals surface area contributed by atoms with E-state index >= 15 is 0 Å². The zero-order valence-electron chi connectivity index (χ0n) is 6.09. The molecule has 0 N–H and O–H groups in total. The van der Waals surface area contributed by atoms with Gasteiger partial charge < -0.3 is 0 Å². The van der Waals surface area contributed by atoms with Gasteiger partial charge in [-0.2, -0.15) is 0 Å². The zero-order valence-corrected chi connectivity index (χ0v) is 6.09. The van der Waals surface area contributed by atoms with Crippen LogP contribution >= 0.6 is 0 Å². The molecule has 0 amide bonds. The molecule has 52 valence electrons. The van der Waals surface area contributed by atoms with Crippen molar-refractivity contribution in [3.63, 3.8) is 0 Å². The lowest BCUT2D eigenvalue weighted by Gasteiger charge is -2.22. The summed E-state index contributed by atoms with van der Waals surface area (Å²) in [5, 5.41) is 0. The van der Waals surface area contributed by atoms with Crippen molar-refractivity contribution in [3.05, 3.63) is 36.0 Å². The molecular formula is C10H12. The lowest BCUT2D eigenvalue weighted by atomic mass is 9.83. The quantitative estimate of drug-likeness (QED) is 0.481. The SMILES string of the molecule is C1=CCC(C2=CCC2)C=C1. The summed E-state index contributed by atoms with van der Waals surface area (Å²) < 4.78 is 0. The van der Waals surface area contributed by atoms with E-state index in [0.717, 1.165) is 5.92 Å². The molecule has 0 spiro atoms. The smallest absolute Gasteiger partial charge is 0.00146 e. The van der Waals surface area contributed by atoms with Crippen molar-refractivity contribution in [1.29, 1.82) is 0 Å². The summed E-state index contributed by atoms with van der Waals surface area (Å²) in [5.74, 6) is 0.749. The molecule has 2 aliphatic rings. The van der Waals surface area contributed by atoms with E-state index in [1.807, 2.05) is 0 Å². The molecule has 0 bridgehead atoms. The van der Waals surface area contributed by atoms with E-state index in [0.29, 0.717) is 0 Å². The predicted molar refractivity (Wildman–Crippen MR) is 43.7 cm³/mol. The summed E-state index contributed by atoms with van der Waals surface area (Å²) in [6, 6.07) is 0. The topological polar surface area (TPSA) is 0 Å². The van der Waals surface area contributed by atoms with Crippen LogP contribution in [0.25, 0.3) is 0 Å². The molecular weight excluding hydrogens is 120 g/mol. The first-order chi connectivity index (χ1) is 4.97.